The zero-order valence-corrected chi connectivity index (χ0v) is 29.5. The third kappa shape index (κ3) is 4.71. The lowest BCUT2D eigenvalue weighted by atomic mass is 9.70. The van der Waals surface area contributed by atoms with E-state index in [0.29, 0.717) is 35.6 Å². The van der Waals surface area contributed by atoms with Crippen molar-refractivity contribution in [3.8, 4) is 0 Å². The standard InChI is InChI=1S/C47H48N4/c1-2-13-29(14-3-1)42-43(50-45-38-21-9-7-17-34(38)33-16-6-8-20-37(33)44(45)49-42)30-25-27-31(28-26-30)47-48-40-23-12-22-39-35-18-5-4-15-32(35)36-19-10-11-24-41(36)51(47)46(39)40/h1-8,13-20,24,27,30,32,34-35,38,40,43,47-48,50H,9-12,21-23,25-26,28H2. The Morgan fingerprint density at radius 1 is 0.765 bits per heavy atom. The molecule has 2 N–H and O–H groups in total. The van der Waals surface area contributed by atoms with E-state index in [9.17, 15) is 0 Å². The molecule has 0 bridgehead atoms. The van der Waals surface area contributed by atoms with E-state index in [1.807, 2.05) is 0 Å². The van der Waals surface area contributed by atoms with Crippen LogP contribution in [-0.2, 0) is 0 Å². The molecule has 11 rings (SSSR count). The predicted molar refractivity (Wildman–Crippen MR) is 207 cm³/mol. The van der Waals surface area contributed by atoms with Gasteiger partial charge < -0.3 is 10.2 Å². The maximum Gasteiger partial charge on any atom is 0.107 e. The molecule has 2 aromatic rings. The van der Waals surface area contributed by atoms with E-state index >= 15 is 0 Å². The Kier molecular flexibility index (Phi) is 7.17. The van der Waals surface area contributed by atoms with Crippen LogP contribution in [0.5, 0.6) is 0 Å². The second-order valence-corrected chi connectivity index (χ2v) is 16.2. The molecule has 3 aliphatic heterocycles. The van der Waals surface area contributed by atoms with Crippen molar-refractivity contribution in [3.63, 3.8) is 0 Å². The van der Waals surface area contributed by atoms with Gasteiger partial charge in [0.15, 0.2) is 0 Å². The van der Waals surface area contributed by atoms with Crippen molar-refractivity contribution < 1.29 is 0 Å². The average Bonchev–Trinajstić information content (AvgIpc) is 3.55. The molecule has 2 aromatic carbocycles. The maximum atomic E-state index is 5.68. The number of nitrogens with zero attached hydrogens (tertiary/aromatic N) is 2. The van der Waals surface area contributed by atoms with E-state index in [-0.39, 0.29) is 12.2 Å². The highest BCUT2D eigenvalue weighted by atomic mass is 15.4. The van der Waals surface area contributed by atoms with E-state index < -0.39 is 0 Å². The zero-order valence-electron chi connectivity index (χ0n) is 29.5. The number of fused-ring (bicyclic) bond motifs is 10. The van der Waals surface area contributed by atoms with Crippen LogP contribution in [0.3, 0.4) is 0 Å². The highest BCUT2D eigenvalue weighted by Crippen LogP contribution is 2.53. The highest BCUT2D eigenvalue weighted by molar-refractivity contribution is 6.09. The fourth-order valence-electron chi connectivity index (χ4n) is 11.4. The normalized spacial score (nSPS) is 34.4. The van der Waals surface area contributed by atoms with Gasteiger partial charge in [-0.2, -0.15) is 0 Å². The molecule has 4 heteroatoms. The summed E-state index contributed by atoms with van der Waals surface area (Å²) in [4.78, 5) is 8.48. The van der Waals surface area contributed by atoms with Crippen LogP contribution in [0.25, 0.3) is 5.70 Å². The summed E-state index contributed by atoms with van der Waals surface area (Å²) in [7, 11) is 0. The fraction of sp³-hybridized carbons (Fsp3) is 0.383. The number of benzene rings is 2. The summed E-state index contributed by atoms with van der Waals surface area (Å²) in [5, 5.41) is 8.50. The van der Waals surface area contributed by atoms with Gasteiger partial charge in [-0.3, -0.25) is 5.32 Å². The predicted octanol–water partition coefficient (Wildman–Crippen LogP) is 9.62. The third-order valence-electron chi connectivity index (χ3n) is 13.6. The van der Waals surface area contributed by atoms with Gasteiger partial charge in [0.2, 0.25) is 0 Å². The molecule has 8 unspecified atom stereocenters. The van der Waals surface area contributed by atoms with Crippen LogP contribution >= 0.6 is 0 Å². The summed E-state index contributed by atoms with van der Waals surface area (Å²) >= 11 is 0. The van der Waals surface area contributed by atoms with E-state index in [1.165, 1.54) is 71.6 Å². The molecule has 6 aliphatic carbocycles. The lowest BCUT2D eigenvalue weighted by Crippen LogP contribution is -2.49. The Hall–Kier alpha value is -4.41. The molecule has 4 nitrogen and oxygen atoms in total. The zero-order chi connectivity index (χ0) is 33.5. The van der Waals surface area contributed by atoms with Crippen molar-refractivity contribution >= 4 is 11.4 Å². The number of allylic oxidation sites excluding steroid dienone is 12. The molecule has 1 fully saturated rings. The molecule has 0 aromatic heterocycles. The second kappa shape index (κ2) is 12.1. The summed E-state index contributed by atoms with van der Waals surface area (Å²) in [6.07, 6.45) is 34.2. The molecule has 51 heavy (non-hydrogen) atoms. The van der Waals surface area contributed by atoms with Crippen LogP contribution in [0.15, 0.2) is 148 Å². The molecule has 9 aliphatic rings. The quantitative estimate of drug-likeness (QED) is 0.320. The molecule has 8 atom stereocenters. The number of hydrogen-bond acceptors (Lipinski definition) is 4. The van der Waals surface area contributed by atoms with Crippen LogP contribution in [0, 0.1) is 23.7 Å². The number of hydrogen-bond donors (Lipinski definition) is 2. The molecular formula is C47H48N4. The van der Waals surface area contributed by atoms with Crippen LogP contribution in [0.2, 0.25) is 0 Å². The van der Waals surface area contributed by atoms with Gasteiger partial charge in [-0.1, -0.05) is 109 Å². The minimum Gasteiger partial charge on any atom is -0.378 e. The second-order valence-electron chi connectivity index (χ2n) is 16.2. The van der Waals surface area contributed by atoms with E-state index in [0.717, 1.165) is 32.1 Å². The minimum atomic E-state index is 0.199. The Morgan fingerprint density at radius 2 is 1.63 bits per heavy atom. The first-order chi connectivity index (χ1) is 25.3. The lowest BCUT2D eigenvalue weighted by molar-refractivity contribution is 0.332. The topological polar surface area (TPSA) is 39.7 Å². The van der Waals surface area contributed by atoms with Crippen molar-refractivity contribution in [2.45, 2.75) is 88.4 Å². The molecular weight excluding hydrogens is 621 g/mol. The van der Waals surface area contributed by atoms with Crippen molar-refractivity contribution in [3.05, 3.63) is 160 Å². The Balaban J connectivity index is 0.948. The summed E-state index contributed by atoms with van der Waals surface area (Å²) in [5.41, 5.74) is 15.7. The Morgan fingerprint density at radius 3 is 2.53 bits per heavy atom. The van der Waals surface area contributed by atoms with E-state index in [4.69, 9.17) is 4.99 Å². The van der Waals surface area contributed by atoms with Gasteiger partial charge in [-0.25, -0.2) is 4.99 Å². The van der Waals surface area contributed by atoms with Gasteiger partial charge in [0.25, 0.3) is 0 Å². The van der Waals surface area contributed by atoms with Crippen LogP contribution in [-0.4, -0.2) is 28.9 Å². The van der Waals surface area contributed by atoms with Gasteiger partial charge in [0, 0.05) is 52.4 Å². The molecule has 0 amide bonds. The first-order valence-electron chi connectivity index (χ1n) is 19.9. The van der Waals surface area contributed by atoms with Crippen molar-refractivity contribution in [1.82, 2.24) is 15.5 Å². The van der Waals surface area contributed by atoms with Gasteiger partial charge in [0.05, 0.1) is 17.5 Å². The highest BCUT2D eigenvalue weighted by Gasteiger charge is 2.49. The largest absolute Gasteiger partial charge is 0.378 e. The summed E-state index contributed by atoms with van der Waals surface area (Å²) < 4.78 is 0. The summed E-state index contributed by atoms with van der Waals surface area (Å²) in [6, 6.07) is 20.7. The van der Waals surface area contributed by atoms with E-state index in [2.05, 4.69) is 125 Å². The van der Waals surface area contributed by atoms with Gasteiger partial charge in [-0.15, -0.1) is 0 Å². The first kappa shape index (κ1) is 30.2. The van der Waals surface area contributed by atoms with Gasteiger partial charge in [0.1, 0.15) is 6.17 Å². The van der Waals surface area contributed by atoms with E-state index in [1.54, 1.807) is 22.4 Å². The monoisotopic (exact) mass is 668 g/mol. The maximum absolute atomic E-state index is 5.68. The SMILES string of the molecule is C1=CC2C3=CCCC=C3N3C4=C(CCCC4NC3C3=CCC(C4NC5=C(N=C4c4ccccc4)c4ccccc4C4C=CCCC54)CC3)C2C=C1. The minimum absolute atomic E-state index is 0.199. The Labute approximate surface area is 302 Å². The van der Waals surface area contributed by atoms with Crippen LogP contribution < -0.4 is 10.6 Å². The molecule has 1 saturated heterocycles. The van der Waals surface area contributed by atoms with Crippen molar-refractivity contribution in [2.75, 3.05) is 0 Å². The summed E-state index contributed by atoms with van der Waals surface area (Å²) in [5.74, 6) is 2.35. The Bertz CT molecular complexity index is 2070. The van der Waals surface area contributed by atoms with Crippen LogP contribution in [0.1, 0.15) is 86.8 Å². The number of rotatable bonds is 3. The number of nitrogens with one attached hydrogen (secondary N) is 2. The third-order valence-corrected chi connectivity index (χ3v) is 13.6. The number of aliphatic imine (C=N–C) groups is 1. The smallest absolute Gasteiger partial charge is 0.107 e. The lowest BCUT2D eigenvalue weighted by Gasteiger charge is -2.44. The first-order valence-corrected chi connectivity index (χ1v) is 19.9. The molecule has 256 valence electrons. The summed E-state index contributed by atoms with van der Waals surface area (Å²) in [6.45, 7) is 0. The molecule has 0 saturated carbocycles. The molecule has 0 radical (unpaired) electrons. The van der Waals surface area contributed by atoms with Crippen LogP contribution in [0.4, 0.5) is 0 Å². The van der Waals surface area contributed by atoms with Crippen molar-refractivity contribution in [2.24, 2.45) is 28.7 Å². The van der Waals surface area contributed by atoms with Crippen molar-refractivity contribution in [1.29, 1.82) is 0 Å². The molecule has 3 heterocycles. The fourth-order valence-corrected chi connectivity index (χ4v) is 11.4. The average molecular weight is 669 g/mol. The molecule has 0 spiro atoms. The van der Waals surface area contributed by atoms with Gasteiger partial charge >= 0.3 is 0 Å². The van der Waals surface area contributed by atoms with Gasteiger partial charge in [-0.05, 0) is 98.0 Å².